The Labute approximate surface area is 136 Å². The molecule has 1 fully saturated rings. The van der Waals surface area contributed by atoms with Gasteiger partial charge in [0.15, 0.2) is 0 Å². The fourth-order valence-corrected chi connectivity index (χ4v) is 4.45. The van der Waals surface area contributed by atoms with Gasteiger partial charge in [0, 0.05) is 4.88 Å². The zero-order valence-corrected chi connectivity index (χ0v) is 14.2. The first-order valence-corrected chi connectivity index (χ1v) is 9.03. The monoisotopic (exact) mass is 319 g/mol. The predicted octanol–water partition coefficient (Wildman–Crippen LogP) is 5.68. The normalized spacial score (nSPS) is 16.7. The lowest BCUT2D eigenvalue weighted by atomic mass is 9.77. The molecule has 1 N–H and O–H groups in total. The molecule has 0 amide bonds. The molecule has 1 aromatic heterocycles. The third-order valence-corrected chi connectivity index (χ3v) is 6.23. The molecular formula is C18H22ClNS. The Morgan fingerprint density at radius 3 is 2.67 bits per heavy atom. The average Bonchev–Trinajstić information content (AvgIpc) is 2.76. The zero-order chi connectivity index (χ0) is 14.8. The summed E-state index contributed by atoms with van der Waals surface area (Å²) in [5.41, 5.74) is 4.10. The van der Waals surface area contributed by atoms with E-state index in [1.165, 1.54) is 40.8 Å². The van der Waals surface area contributed by atoms with Crippen molar-refractivity contribution in [2.24, 2.45) is 0 Å². The molecule has 1 heterocycles. The third-order valence-electron chi connectivity index (χ3n) is 4.45. The van der Waals surface area contributed by atoms with Gasteiger partial charge in [0.05, 0.1) is 11.1 Å². The average molecular weight is 320 g/mol. The van der Waals surface area contributed by atoms with E-state index in [9.17, 15) is 0 Å². The molecular weight excluding hydrogens is 298 g/mol. The molecule has 1 saturated carbocycles. The summed E-state index contributed by atoms with van der Waals surface area (Å²) in [6.07, 6.45) is 4.02. The van der Waals surface area contributed by atoms with E-state index in [1.54, 1.807) is 11.3 Å². The van der Waals surface area contributed by atoms with E-state index >= 15 is 0 Å². The van der Waals surface area contributed by atoms with Crippen molar-refractivity contribution in [1.82, 2.24) is 5.32 Å². The number of hydrogen-bond acceptors (Lipinski definition) is 2. The van der Waals surface area contributed by atoms with Crippen LogP contribution in [0.15, 0.2) is 29.6 Å². The molecule has 0 radical (unpaired) electrons. The summed E-state index contributed by atoms with van der Waals surface area (Å²) in [5, 5.41) is 6.72. The van der Waals surface area contributed by atoms with E-state index in [-0.39, 0.29) is 6.04 Å². The van der Waals surface area contributed by atoms with Crippen molar-refractivity contribution < 1.29 is 0 Å². The van der Waals surface area contributed by atoms with Gasteiger partial charge < -0.3 is 5.32 Å². The lowest BCUT2D eigenvalue weighted by molar-refractivity contribution is 0.414. The maximum atomic E-state index is 6.54. The highest BCUT2D eigenvalue weighted by Gasteiger charge is 2.27. The second kappa shape index (κ2) is 6.51. The second-order valence-corrected chi connectivity index (χ2v) is 7.13. The van der Waals surface area contributed by atoms with Crippen LogP contribution in [-0.2, 0) is 0 Å². The van der Waals surface area contributed by atoms with E-state index in [1.807, 2.05) is 0 Å². The van der Waals surface area contributed by atoms with Crippen molar-refractivity contribution in [3.63, 3.8) is 0 Å². The Balaban J connectivity index is 2.03. The van der Waals surface area contributed by atoms with Gasteiger partial charge in [-0.1, -0.05) is 49.2 Å². The van der Waals surface area contributed by atoms with Crippen LogP contribution in [0.2, 0.25) is 5.02 Å². The smallest absolute Gasteiger partial charge is 0.0688 e. The van der Waals surface area contributed by atoms with Crippen LogP contribution in [0, 0.1) is 6.92 Å². The van der Waals surface area contributed by atoms with E-state index in [4.69, 9.17) is 11.6 Å². The third kappa shape index (κ3) is 2.90. The SMILES string of the molecule is CCNC(c1ccccc1C1CCC1)c1scc(C)c1Cl. The fourth-order valence-electron chi connectivity index (χ4n) is 3.06. The number of nitrogens with one attached hydrogen (secondary N) is 1. The Kier molecular flexibility index (Phi) is 4.68. The van der Waals surface area contributed by atoms with Crippen molar-refractivity contribution in [1.29, 1.82) is 0 Å². The first kappa shape index (κ1) is 15.1. The first-order chi connectivity index (χ1) is 10.2. The van der Waals surface area contributed by atoms with E-state index in [2.05, 4.69) is 48.8 Å². The summed E-state index contributed by atoms with van der Waals surface area (Å²) < 4.78 is 0. The summed E-state index contributed by atoms with van der Waals surface area (Å²) in [7, 11) is 0. The van der Waals surface area contributed by atoms with Gasteiger partial charge in [-0.15, -0.1) is 11.3 Å². The van der Waals surface area contributed by atoms with E-state index in [0.29, 0.717) is 0 Å². The molecule has 2 aromatic rings. The molecule has 1 atom stereocenters. The largest absolute Gasteiger partial charge is 0.306 e. The van der Waals surface area contributed by atoms with Gasteiger partial charge in [-0.05, 0) is 54.3 Å². The highest BCUT2D eigenvalue weighted by Crippen LogP contribution is 2.43. The summed E-state index contributed by atoms with van der Waals surface area (Å²) in [5.74, 6) is 0.738. The van der Waals surface area contributed by atoms with Crippen LogP contribution >= 0.6 is 22.9 Å². The van der Waals surface area contributed by atoms with Crippen LogP contribution in [0.1, 0.15) is 59.7 Å². The number of benzene rings is 1. The Morgan fingerprint density at radius 2 is 2.10 bits per heavy atom. The van der Waals surface area contributed by atoms with Crippen LogP contribution in [-0.4, -0.2) is 6.54 Å². The Morgan fingerprint density at radius 1 is 1.33 bits per heavy atom. The maximum absolute atomic E-state index is 6.54. The Bertz CT molecular complexity index is 615. The molecule has 3 rings (SSSR count). The lowest BCUT2D eigenvalue weighted by Gasteiger charge is -2.30. The first-order valence-electron chi connectivity index (χ1n) is 7.78. The van der Waals surface area contributed by atoms with Crippen LogP contribution in [0.3, 0.4) is 0 Å². The number of rotatable bonds is 5. The number of hydrogen-bond donors (Lipinski definition) is 1. The number of aryl methyl sites for hydroxylation is 1. The van der Waals surface area contributed by atoms with Gasteiger partial charge in [-0.2, -0.15) is 0 Å². The number of halogens is 1. The molecule has 3 heteroatoms. The molecule has 1 aliphatic carbocycles. The van der Waals surface area contributed by atoms with Gasteiger partial charge in [0.2, 0.25) is 0 Å². The van der Waals surface area contributed by atoms with Gasteiger partial charge in [0.25, 0.3) is 0 Å². The van der Waals surface area contributed by atoms with Crippen LogP contribution in [0.25, 0.3) is 0 Å². The predicted molar refractivity (Wildman–Crippen MR) is 92.6 cm³/mol. The fraction of sp³-hybridized carbons (Fsp3) is 0.444. The summed E-state index contributed by atoms with van der Waals surface area (Å²) >= 11 is 8.31. The molecule has 1 nitrogen and oxygen atoms in total. The second-order valence-electron chi connectivity index (χ2n) is 5.84. The minimum absolute atomic E-state index is 0.220. The van der Waals surface area contributed by atoms with Gasteiger partial charge >= 0.3 is 0 Å². The van der Waals surface area contributed by atoms with E-state index < -0.39 is 0 Å². The van der Waals surface area contributed by atoms with Crippen molar-refractivity contribution in [3.8, 4) is 0 Å². The minimum Gasteiger partial charge on any atom is -0.306 e. The van der Waals surface area contributed by atoms with Crippen molar-refractivity contribution in [2.75, 3.05) is 6.54 Å². The standard InChI is InChI=1S/C18H22ClNS/c1-3-20-17(18-16(19)12(2)11-21-18)15-10-5-4-9-14(15)13-7-6-8-13/h4-5,9-11,13,17,20H,3,6-8H2,1-2H3. The molecule has 0 aliphatic heterocycles. The molecule has 1 aromatic carbocycles. The van der Waals surface area contributed by atoms with Gasteiger partial charge in [-0.25, -0.2) is 0 Å². The minimum atomic E-state index is 0.220. The molecule has 21 heavy (non-hydrogen) atoms. The van der Waals surface area contributed by atoms with Gasteiger partial charge in [-0.3, -0.25) is 0 Å². The Hall–Kier alpha value is -0.830. The van der Waals surface area contributed by atoms with Crippen molar-refractivity contribution >= 4 is 22.9 Å². The molecule has 1 aliphatic rings. The summed E-state index contributed by atoms with van der Waals surface area (Å²) in [4.78, 5) is 1.25. The maximum Gasteiger partial charge on any atom is 0.0688 e. The zero-order valence-electron chi connectivity index (χ0n) is 12.7. The molecule has 0 bridgehead atoms. The lowest BCUT2D eigenvalue weighted by Crippen LogP contribution is -2.24. The molecule has 0 spiro atoms. The van der Waals surface area contributed by atoms with Crippen LogP contribution < -0.4 is 5.32 Å². The molecule has 0 saturated heterocycles. The molecule has 112 valence electrons. The highest BCUT2D eigenvalue weighted by molar-refractivity contribution is 7.10. The van der Waals surface area contributed by atoms with Crippen molar-refractivity contribution in [2.45, 2.75) is 45.1 Å². The van der Waals surface area contributed by atoms with Crippen LogP contribution in [0.5, 0.6) is 0 Å². The van der Waals surface area contributed by atoms with E-state index in [0.717, 1.165) is 17.5 Å². The summed E-state index contributed by atoms with van der Waals surface area (Å²) in [6, 6.07) is 9.11. The highest BCUT2D eigenvalue weighted by atomic mass is 35.5. The van der Waals surface area contributed by atoms with Gasteiger partial charge in [0.1, 0.15) is 0 Å². The molecule has 1 unspecified atom stereocenters. The van der Waals surface area contributed by atoms with Crippen LogP contribution in [0.4, 0.5) is 0 Å². The quantitative estimate of drug-likeness (QED) is 0.748. The summed E-state index contributed by atoms with van der Waals surface area (Å²) in [6.45, 7) is 5.19. The topological polar surface area (TPSA) is 12.0 Å². The van der Waals surface area contributed by atoms with Crippen molar-refractivity contribution in [3.05, 3.63) is 56.2 Å². The number of thiophene rings is 1.